The Balaban J connectivity index is 1.43. The van der Waals surface area contributed by atoms with E-state index < -0.39 is 0 Å². The molecule has 148 valence electrons. The van der Waals surface area contributed by atoms with Crippen molar-refractivity contribution in [1.29, 1.82) is 0 Å². The molecule has 0 bridgehead atoms. The predicted octanol–water partition coefficient (Wildman–Crippen LogP) is 4.58. The maximum Gasteiger partial charge on any atom is 0.222 e. The first kappa shape index (κ1) is 18.3. The maximum atomic E-state index is 4.80. The molecule has 1 saturated heterocycles. The van der Waals surface area contributed by atoms with Gasteiger partial charge in [0.15, 0.2) is 0 Å². The van der Waals surface area contributed by atoms with Crippen LogP contribution in [0.4, 0.5) is 5.95 Å². The van der Waals surface area contributed by atoms with Crippen molar-refractivity contribution < 1.29 is 0 Å². The number of rotatable bonds is 3. The van der Waals surface area contributed by atoms with Gasteiger partial charge in [-0.05, 0) is 61.5 Å². The third-order valence-corrected chi connectivity index (χ3v) is 6.84. The average Bonchev–Trinajstić information content (AvgIpc) is 2.77. The summed E-state index contributed by atoms with van der Waals surface area (Å²) < 4.78 is 0. The number of fused-ring (bicyclic) bond motifs is 4. The fraction of sp³-hybridized carbons (Fsp3) is 0.360. The normalized spacial score (nSPS) is 17.6. The monoisotopic (exact) mass is 384 g/mol. The summed E-state index contributed by atoms with van der Waals surface area (Å²) in [5.74, 6) is 0.697. The van der Waals surface area contributed by atoms with Gasteiger partial charge in [-0.1, -0.05) is 48.5 Å². The molecular formula is C25H28N4. The van der Waals surface area contributed by atoms with E-state index in [-0.39, 0.29) is 5.41 Å². The first-order valence-electron chi connectivity index (χ1n) is 10.6. The second-order valence-electron chi connectivity index (χ2n) is 8.52. The molecule has 1 aliphatic heterocycles. The average molecular weight is 385 g/mol. The van der Waals surface area contributed by atoms with Crippen molar-refractivity contribution in [2.75, 3.05) is 25.5 Å². The second kappa shape index (κ2) is 7.27. The molecule has 29 heavy (non-hydrogen) atoms. The Hall–Kier alpha value is -2.72. The van der Waals surface area contributed by atoms with Crippen LogP contribution in [0, 0.1) is 6.92 Å². The van der Waals surface area contributed by atoms with Gasteiger partial charge in [0.05, 0.1) is 5.69 Å². The van der Waals surface area contributed by atoms with Crippen LogP contribution in [0.25, 0.3) is 11.3 Å². The molecule has 0 amide bonds. The van der Waals surface area contributed by atoms with Gasteiger partial charge in [0, 0.05) is 30.8 Å². The van der Waals surface area contributed by atoms with E-state index in [2.05, 4.69) is 70.7 Å². The summed E-state index contributed by atoms with van der Waals surface area (Å²) in [5.41, 5.74) is 8.20. The van der Waals surface area contributed by atoms with Crippen molar-refractivity contribution in [3.8, 4) is 11.3 Å². The molecule has 2 heterocycles. The minimum absolute atomic E-state index is 0.205. The number of nitrogens with zero attached hydrogens (tertiary/aromatic N) is 3. The topological polar surface area (TPSA) is 41.1 Å². The lowest BCUT2D eigenvalue weighted by molar-refractivity contribution is 0.150. The van der Waals surface area contributed by atoms with Gasteiger partial charge in [-0.3, -0.25) is 4.90 Å². The van der Waals surface area contributed by atoms with Crippen LogP contribution in [0.2, 0.25) is 0 Å². The van der Waals surface area contributed by atoms with Gasteiger partial charge >= 0.3 is 0 Å². The molecule has 1 spiro atoms. The highest BCUT2D eigenvalue weighted by atomic mass is 15.1. The van der Waals surface area contributed by atoms with Crippen LogP contribution >= 0.6 is 0 Å². The Morgan fingerprint density at radius 3 is 2.59 bits per heavy atom. The van der Waals surface area contributed by atoms with E-state index in [1.165, 1.54) is 40.7 Å². The molecule has 1 N–H and O–H groups in total. The second-order valence-corrected chi connectivity index (χ2v) is 8.52. The first-order chi connectivity index (χ1) is 14.2. The van der Waals surface area contributed by atoms with Crippen molar-refractivity contribution in [2.45, 2.75) is 38.1 Å². The minimum atomic E-state index is 0.205. The van der Waals surface area contributed by atoms with Crippen LogP contribution in [0.5, 0.6) is 0 Å². The van der Waals surface area contributed by atoms with E-state index in [0.29, 0.717) is 5.95 Å². The van der Waals surface area contributed by atoms with Gasteiger partial charge < -0.3 is 5.32 Å². The number of benzene rings is 2. The number of aryl methyl sites for hydroxylation is 1. The summed E-state index contributed by atoms with van der Waals surface area (Å²) in [6, 6.07) is 17.7. The van der Waals surface area contributed by atoms with E-state index in [1.54, 1.807) is 0 Å². The SMILES string of the molecule is CNc1ncc2c(n1)-c1ccccc1C1(CCN(Cc3ccccc3C)CC1)C2. The third-order valence-electron chi connectivity index (χ3n) is 6.84. The first-order valence-corrected chi connectivity index (χ1v) is 10.6. The summed E-state index contributed by atoms with van der Waals surface area (Å²) in [6.45, 7) is 5.53. The highest BCUT2D eigenvalue weighted by Crippen LogP contribution is 2.48. The van der Waals surface area contributed by atoms with Gasteiger partial charge in [-0.25, -0.2) is 9.97 Å². The lowest BCUT2D eigenvalue weighted by Crippen LogP contribution is -2.45. The fourth-order valence-electron chi connectivity index (χ4n) is 5.12. The number of hydrogen-bond donors (Lipinski definition) is 1. The molecule has 2 aromatic carbocycles. The fourth-order valence-corrected chi connectivity index (χ4v) is 5.12. The number of anilines is 1. The zero-order chi connectivity index (χ0) is 19.8. The van der Waals surface area contributed by atoms with Crippen LogP contribution in [-0.4, -0.2) is 35.0 Å². The Kier molecular flexibility index (Phi) is 4.59. The van der Waals surface area contributed by atoms with E-state index in [0.717, 1.165) is 31.7 Å². The Labute approximate surface area is 173 Å². The summed E-state index contributed by atoms with van der Waals surface area (Å²) >= 11 is 0. The molecule has 0 atom stereocenters. The Morgan fingerprint density at radius 1 is 1.03 bits per heavy atom. The van der Waals surface area contributed by atoms with Crippen LogP contribution < -0.4 is 5.32 Å². The molecule has 0 saturated carbocycles. The zero-order valence-electron chi connectivity index (χ0n) is 17.3. The van der Waals surface area contributed by atoms with Crippen molar-refractivity contribution in [2.24, 2.45) is 0 Å². The summed E-state index contributed by atoms with van der Waals surface area (Å²) in [7, 11) is 1.88. The number of hydrogen-bond acceptors (Lipinski definition) is 4. The quantitative estimate of drug-likeness (QED) is 0.717. The highest BCUT2D eigenvalue weighted by molar-refractivity contribution is 5.72. The molecule has 3 aromatic rings. The summed E-state index contributed by atoms with van der Waals surface area (Å²) in [4.78, 5) is 11.9. The van der Waals surface area contributed by atoms with Crippen molar-refractivity contribution in [3.63, 3.8) is 0 Å². The third kappa shape index (κ3) is 3.22. The van der Waals surface area contributed by atoms with Crippen LogP contribution in [0.1, 0.15) is 35.1 Å². The smallest absolute Gasteiger partial charge is 0.222 e. The van der Waals surface area contributed by atoms with E-state index >= 15 is 0 Å². The van der Waals surface area contributed by atoms with E-state index in [9.17, 15) is 0 Å². The van der Waals surface area contributed by atoms with Gasteiger partial charge in [-0.2, -0.15) is 0 Å². The lowest BCUT2D eigenvalue weighted by Gasteiger charge is -2.45. The van der Waals surface area contributed by atoms with Crippen LogP contribution in [0.3, 0.4) is 0 Å². The Morgan fingerprint density at radius 2 is 1.79 bits per heavy atom. The van der Waals surface area contributed by atoms with Gasteiger partial charge in [-0.15, -0.1) is 0 Å². The zero-order valence-corrected chi connectivity index (χ0v) is 17.3. The molecule has 0 radical (unpaired) electrons. The number of likely N-dealkylation sites (tertiary alicyclic amines) is 1. The highest BCUT2D eigenvalue weighted by Gasteiger charge is 2.41. The number of piperidine rings is 1. The molecule has 4 nitrogen and oxygen atoms in total. The molecule has 0 unspecified atom stereocenters. The maximum absolute atomic E-state index is 4.80. The molecule has 4 heteroatoms. The molecular weight excluding hydrogens is 356 g/mol. The lowest BCUT2D eigenvalue weighted by atomic mass is 9.64. The molecule has 1 aliphatic carbocycles. The van der Waals surface area contributed by atoms with Gasteiger partial charge in [0.1, 0.15) is 0 Å². The van der Waals surface area contributed by atoms with Gasteiger partial charge in [0.25, 0.3) is 0 Å². The largest absolute Gasteiger partial charge is 0.357 e. The number of aromatic nitrogens is 2. The van der Waals surface area contributed by atoms with E-state index in [1.807, 2.05) is 13.2 Å². The van der Waals surface area contributed by atoms with E-state index in [4.69, 9.17) is 4.98 Å². The summed E-state index contributed by atoms with van der Waals surface area (Å²) in [5, 5.41) is 3.08. The predicted molar refractivity (Wildman–Crippen MR) is 118 cm³/mol. The van der Waals surface area contributed by atoms with Crippen molar-refractivity contribution in [1.82, 2.24) is 14.9 Å². The van der Waals surface area contributed by atoms with Gasteiger partial charge in [0.2, 0.25) is 5.95 Å². The van der Waals surface area contributed by atoms with Crippen molar-refractivity contribution in [3.05, 3.63) is 77.0 Å². The molecule has 1 aromatic heterocycles. The standard InChI is InChI=1S/C25H28N4/c1-18-7-3-4-8-19(18)17-29-13-11-25(12-14-29)15-20-16-27-24(26-2)28-23(20)21-9-5-6-10-22(21)25/h3-10,16H,11-15,17H2,1-2H3,(H,26,27,28). The number of nitrogens with one attached hydrogen (secondary N) is 1. The molecule has 5 rings (SSSR count). The molecule has 2 aliphatic rings. The van der Waals surface area contributed by atoms with Crippen molar-refractivity contribution >= 4 is 5.95 Å². The van der Waals surface area contributed by atoms with Crippen LogP contribution in [0.15, 0.2) is 54.7 Å². The summed E-state index contributed by atoms with van der Waals surface area (Å²) in [6.07, 6.45) is 5.44. The minimum Gasteiger partial charge on any atom is -0.357 e. The molecule has 1 fully saturated rings. The Bertz CT molecular complexity index is 1030. The van der Waals surface area contributed by atoms with Crippen LogP contribution in [-0.2, 0) is 18.4 Å².